The molecule has 0 saturated heterocycles. The molecule has 0 fully saturated rings. The van der Waals surface area contributed by atoms with Gasteiger partial charge in [0.15, 0.2) is 0 Å². The van der Waals surface area contributed by atoms with Crippen molar-refractivity contribution in [3.05, 3.63) is 32.8 Å². The van der Waals surface area contributed by atoms with Crippen molar-refractivity contribution in [3.63, 3.8) is 0 Å². The predicted octanol–water partition coefficient (Wildman–Crippen LogP) is 2.28. The summed E-state index contributed by atoms with van der Waals surface area (Å²) in [5.74, 6) is -0.178. The largest absolute Gasteiger partial charge is 0.490 e. The Labute approximate surface area is 130 Å². The number of non-ortho nitro benzene ring substituents is 1. The zero-order valence-electron chi connectivity index (χ0n) is 12.0. The Morgan fingerprint density at radius 3 is 2.71 bits per heavy atom. The Morgan fingerprint density at radius 2 is 2.19 bits per heavy atom. The van der Waals surface area contributed by atoms with Gasteiger partial charge in [0.1, 0.15) is 17.9 Å². The molecule has 0 spiro atoms. The van der Waals surface area contributed by atoms with Crippen LogP contribution in [0.15, 0.2) is 22.7 Å². The lowest BCUT2D eigenvalue weighted by Gasteiger charge is -2.27. The third-order valence-electron chi connectivity index (χ3n) is 2.84. The minimum absolute atomic E-state index is 0.0206. The Morgan fingerprint density at radius 1 is 1.52 bits per heavy atom. The number of likely N-dealkylation sites (N-methyl/N-ethyl adjacent to an activating group) is 1. The van der Waals surface area contributed by atoms with Gasteiger partial charge in [-0.1, -0.05) is 6.92 Å². The first-order chi connectivity index (χ1) is 9.84. The molecule has 0 aliphatic carbocycles. The fourth-order valence-electron chi connectivity index (χ4n) is 1.74. The molecule has 1 aromatic rings. The van der Waals surface area contributed by atoms with Gasteiger partial charge < -0.3 is 9.47 Å². The molecule has 7 nitrogen and oxygen atoms in total. The molecular formula is C13H17BrN2O5. The molecule has 0 radical (unpaired) electrons. The molecule has 1 N–H and O–H groups in total. The number of ether oxygens (including phenoxy) is 2. The molecule has 0 bridgehead atoms. The zero-order chi connectivity index (χ0) is 16.0. The number of nitro groups is 1. The highest BCUT2D eigenvalue weighted by atomic mass is 79.9. The van der Waals surface area contributed by atoms with Crippen LogP contribution >= 0.6 is 15.9 Å². The second kappa shape index (κ2) is 7.37. The summed E-state index contributed by atoms with van der Waals surface area (Å²) in [4.78, 5) is 22.1. The van der Waals surface area contributed by atoms with Gasteiger partial charge in [-0.15, -0.1) is 0 Å². The van der Waals surface area contributed by atoms with Gasteiger partial charge in [0.2, 0.25) is 0 Å². The highest BCUT2D eigenvalue weighted by molar-refractivity contribution is 9.10. The maximum absolute atomic E-state index is 11.8. The Balaban J connectivity index is 2.92. The molecule has 21 heavy (non-hydrogen) atoms. The number of nitro benzene ring substituents is 1. The molecule has 1 unspecified atom stereocenters. The number of nitrogens with one attached hydrogen (secondary N) is 1. The summed E-state index contributed by atoms with van der Waals surface area (Å²) in [6.07, 6.45) is 0. The first kappa shape index (κ1) is 17.4. The number of hydrogen-bond donors (Lipinski definition) is 1. The van der Waals surface area contributed by atoms with E-state index in [1.165, 1.54) is 25.3 Å². The average molecular weight is 361 g/mol. The number of rotatable bonds is 7. The summed E-state index contributed by atoms with van der Waals surface area (Å²) in [6.45, 7) is 4.02. The molecule has 8 heteroatoms. The Hall–Kier alpha value is -1.67. The Bertz CT molecular complexity index is 537. The van der Waals surface area contributed by atoms with E-state index in [1.807, 2.05) is 6.92 Å². The molecule has 0 amide bonds. The van der Waals surface area contributed by atoms with Crippen molar-refractivity contribution < 1.29 is 19.2 Å². The normalized spacial score (nSPS) is 13.3. The van der Waals surface area contributed by atoms with Crippen molar-refractivity contribution in [2.75, 3.05) is 20.3 Å². The summed E-state index contributed by atoms with van der Waals surface area (Å²) in [7, 11) is 1.29. The van der Waals surface area contributed by atoms with Gasteiger partial charge in [-0.2, -0.15) is 0 Å². The van der Waals surface area contributed by atoms with Gasteiger partial charge >= 0.3 is 5.97 Å². The molecule has 0 aromatic heterocycles. The van der Waals surface area contributed by atoms with E-state index in [-0.39, 0.29) is 18.0 Å². The van der Waals surface area contributed by atoms with Crippen LogP contribution in [0.4, 0.5) is 5.69 Å². The Kier molecular flexibility index (Phi) is 6.10. The third-order valence-corrected chi connectivity index (χ3v) is 3.50. The van der Waals surface area contributed by atoms with Crippen molar-refractivity contribution in [2.45, 2.75) is 19.4 Å². The van der Waals surface area contributed by atoms with Gasteiger partial charge in [0.05, 0.1) is 22.6 Å². The maximum Gasteiger partial charge on any atom is 0.329 e. The van der Waals surface area contributed by atoms with Gasteiger partial charge in [0, 0.05) is 6.07 Å². The number of carbonyl (C=O) groups is 1. The van der Waals surface area contributed by atoms with Gasteiger partial charge in [-0.3, -0.25) is 15.4 Å². The molecule has 1 rings (SSSR count). The topological polar surface area (TPSA) is 90.7 Å². The van der Waals surface area contributed by atoms with Crippen LogP contribution in [0, 0.1) is 10.1 Å². The van der Waals surface area contributed by atoms with Crippen molar-refractivity contribution in [3.8, 4) is 5.75 Å². The number of halogens is 1. The van der Waals surface area contributed by atoms with Gasteiger partial charge in [-0.25, -0.2) is 4.79 Å². The molecule has 0 aliphatic heterocycles. The van der Waals surface area contributed by atoms with Crippen molar-refractivity contribution >= 4 is 27.6 Å². The average Bonchev–Trinajstić information content (AvgIpc) is 2.45. The van der Waals surface area contributed by atoms with Crippen LogP contribution in [0.1, 0.15) is 13.8 Å². The summed E-state index contributed by atoms with van der Waals surface area (Å²) >= 11 is 3.26. The number of carbonyl (C=O) groups excluding carboxylic acids is 1. The smallest absolute Gasteiger partial charge is 0.329 e. The number of esters is 1. The minimum atomic E-state index is -1.03. The summed E-state index contributed by atoms with van der Waals surface area (Å²) in [5, 5.41) is 13.8. The molecule has 1 aromatic carbocycles. The second-order valence-corrected chi connectivity index (χ2v) is 5.37. The summed E-state index contributed by atoms with van der Waals surface area (Å²) < 4.78 is 10.9. The van der Waals surface area contributed by atoms with Crippen molar-refractivity contribution in [1.82, 2.24) is 5.32 Å². The fourth-order valence-corrected chi connectivity index (χ4v) is 2.10. The maximum atomic E-state index is 11.8. The zero-order valence-corrected chi connectivity index (χ0v) is 13.6. The van der Waals surface area contributed by atoms with Crippen LogP contribution < -0.4 is 10.1 Å². The molecule has 0 aliphatic rings. The van der Waals surface area contributed by atoms with Crippen LogP contribution in [0.5, 0.6) is 5.75 Å². The quantitative estimate of drug-likeness (QED) is 0.455. The number of nitrogens with zero attached hydrogens (tertiary/aromatic N) is 1. The van der Waals surface area contributed by atoms with E-state index >= 15 is 0 Å². The second-order valence-electron chi connectivity index (χ2n) is 4.51. The molecular weight excluding hydrogens is 344 g/mol. The number of benzene rings is 1. The molecule has 0 saturated carbocycles. The van der Waals surface area contributed by atoms with Crippen molar-refractivity contribution in [1.29, 1.82) is 0 Å². The summed E-state index contributed by atoms with van der Waals surface area (Å²) in [6, 6.07) is 4.19. The van der Waals surface area contributed by atoms with E-state index in [0.29, 0.717) is 11.0 Å². The first-order valence-corrected chi connectivity index (χ1v) is 7.03. The van der Waals surface area contributed by atoms with Gasteiger partial charge in [-0.05, 0) is 35.5 Å². The van der Waals surface area contributed by atoms with Crippen LogP contribution in [0.3, 0.4) is 0 Å². The lowest BCUT2D eigenvalue weighted by atomic mass is 10.0. The van der Waals surface area contributed by atoms with Crippen LogP contribution in [0.25, 0.3) is 0 Å². The van der Waals surface area contributed by atoms with E-state index in [9.17, 15) is 14.9 Å². The minimum Gasteiger partial charge on any atom is -0.490 e. The summed E-state index contributed by atoms with van der Waals surface area (Å²) in [5.41, 5.74) is -1.12. The van der Waals surface area contributed by atoms with Crippen LogP contribution in [-0.4, -0.2) is 36.7 Å². The van der Waals surface area contributed by atoms with Crippen molar-refractivity contribution in [2.24, 2.45) is 0 Å². The lowest BCUT2D eigenvalue weighted by molar-refractivity contribution is -0.385. The predicted molar refractivity (Wildman–Crippen MR) is 80.4 cm³/mol. The van der Waals surface area contributed by atoms with E-state index in [2.05, 4.69) is 21.2 Å². The first-order valence-electron chi connectivity index (χ1n) is 6.24. The van der Waals surface area contributed by atoms with Crippen LogP contribution in [-0.2, 0) is 9.53 Å². The molecule has 1 atom stereocenters. The van der Waals surface area contributed by atoms with E-state index in [0.717, 1.165) is 0 Å². The molecule has 116 valence electrons. The van der Waals surface area contributed by atoms with Gasteiger partial charge in [0.25, 0.3) is 5.69 Å². The highest BCUT2D eigenvalue weighted by Gasteiger charge is 2.34. The standard InChI is InChI=1S/C13H17BrN2O5/c1-4-15-13(2,12(17)20-3)8-21-11-7-9(16(18)19)5-6-10(11)14/h5-7,15H,4,8H2,1-3H3. The third kappa shape index (κ3) is 4.40. The SMILES string of the molecule is CCNC(C)(COc1cc([N+](=O)[O-])ccc1Br)C(=O)OC. The number of methoxy groups -OCH3 is 1. The monoisotopic (exact) mass is 360 g/mol. The highest BCUT2D eigenvalue weighted by Crippen LogP contribution is 2.30. The van der Waals surface area contributed by atoms with E-state index in [1.54, 1.807) is 6.92 Å². The molecule has 0 heterocycles. The van der Waals surface area contributed by atoms with Crippen LogP contribution in [0.2, 0.25) is 0 Å². The number of hydrogen-bond acceptors (Lipinski definition) is 6. The van der Waals surface area contributed by atoms with E-state index < -0.39 is 16.4 Å². The lowest BCUT2D eigenvalue weighted by Crippen LogP contribution is -2.54. The fraction of sp³-hybridized carbons (Fsp3) is 0.462. The van der Waals surface area contributed by atoms with E-state index in [4.69, 9.17) is 9.47 Å².